The minimum atomic E-state index is 0.672. The van der Waals surface area contributed by atoms with Gasteiger partial charge in [-0.2, -0.15) is 0 Å². The molecule has 4 aromatic heterocycles. The van der Waals surface area contributed by atoms with Crippen LogP contribution in [0.1, 0.15) is 17.0 Å². The van der Waals surface area contributed by atoms with Gasteiger partial charge in [0.1, 0.15) is 12.0 Å². The van der Waals surface area contributed by atoms with Crippen molar-refractivity contribution in [2.45, 2.75) is 20.4 Å². The molecule has 0 fully saturated rings. The van der Waals surface area contributed by atoms with E-state index in [0.29, 0.717) is 12.4 Å². The summed E-state index contributed by atoms with van der Waals surface area (Å²) < 4.78 is 4.92. The van der Waals surface area contributed by atoms with Gasteiger partial charge in [-0.1, -0.05) is 34.1 Å². The first-order valence-corrected chi connectivity index (χ1v) is 9.78. The van der Waals surface area contributed by atoms with Crippen molar-refractivity contribution in [1.82, 2.24) is 29.1 Å². The maximum absolute atomic E-state index is 4.85. The van der Waals surface area contributed by atoms with Gasteiger partial charge in [-0.05, 0) is 43.7 Å². The Kier molecular flexibility index (Phi) is 3.98. The summed E-state index contributed by atoms with van der Waals surface area (Å²) in [6.45, 7) is 4.90. The van der Waals surface area contributed by atoms with Gasteiger partial charge < -0.3 is 4.57 Å². The van der Waals surface area contributed by atoms with Gasteiger partial charge in [0.15, 0.2) is 11.5 Å². The molecule has 28 heavy (non-hydrogen) atoms. The maximum Gasteiger partial charge on any atom is 0.183 e. The monoisotopic (exact) mass is 432 g/mol. The lowest BCUT2D eigenvalue weighted by molar-refractivity contribution is 0.766. The first kappa shape index (κ1) is 17.1. The van der Waals surface area contributed by atoms with Crippen LogP contribution in [0.2, 0.25) is 0 Å². The molecule has 0 aliphatic carbocycles. The fraction of sp³-hybridized carbons (Fsp3) is 0.143. The molecule has 7 heteroatoms. The summed E-state index contributed by atoms with van der Waals surface area (Å²) >= 11 is 3.59. The van der Waals surface area contributed by atoms with Crippen LogP contribution in [0.4, 0.5) is 0 Å². The van der Waals surface area contributed by atoms with Crippen molar-refractivity contribution < 1.29 is 0 Å². The molecule has 0 atom stereocenters. The number of nitrogens with zero attached hydrogens (tertiary/aromatic N) is 6. The molecule has 0 N–H and O–H groups in total. The molecule has 0 aliphatic heterocycles. The van der Waals surface area contributed by atoms with Gasteiger partial charge in [0.2, 0.25) is 0 Å². The van der Waals surface area contributed by atoms with Crippen molar-refractivity contribution in [2.24, 2.45) is 0 Å². The van der Waals surface area contributed by atoms with Gasteiger partial charge in [0.05, 0.1) is 17.6 Å². The number of halogens is 1. The van der Waals surface area contributed by atoms with Crippen molar-refractivity contribution in [2.75, 3.05) is 0 Å². The first-order chi connectivity index (χ1) is 13.6. The highest BCUT2D eigenvalue weighted by molar-refractivity contribution is 9.10. The van der Waals surface area contributed by atoms with Gasteiger partial charge in [-0.3, -0.25) is 4.98 Å². The largest absolute Gasteiger partial charge is 0.323 e. The number of hydrogen-bond acceptors (Lipinski definition) is 4. The maximum atomic E-state index is 4.85. The summed E-state index contributed by atoms with van der Waals surface area (Å²) in [6, 6.07) is 13.9. The zero-order valence-corrected chi connectivity index (χ0v) is 17.1. The predicted octanol–water partition coefficient (Wildman–Crippen LogP) is 4.57. The summed E-state index contributed by atoms with van der Waals surface area (Å²) in [7, 11) is 0. The number of aryl methyl sites for hydroxylation is 1. The highest BCUT2D eigenvalue weighted by Gasteiger charge is 2.19. The Morgan fingerprint density at radius 1 is 0.964 bits per heavy atom. The molecular weight excluding hydrogens is 416 g/mol. The molecule has 138 valence electrons. The highest BCUT2D eigenvalue weighted by Crippen LogP contribution is 2.30. The molecule has 0 aliphatic rings. The van der Waals surface area contributed by atoms with Crippen molar-refractivity contribution in [1.29, 1.82) is 0 Å². The van der Waals surface area contributed by atoms with Crippen molar-refractivity contribution in [3.05, 3.63) is 76.4 Å². The van der Waals surface area contributed by atoms with E-state index in [1.54, 1.807) is 10.8 Å². The second kappa shape index (κ2) is 6.53. The van der Waals surface area contributed by atoms with Crippen molar-refractivity contribution in [3.63, 3.8) is 0 Å². The Morgan fingerprint density at radius 3 is 2.57 bits per heavy atom. The number of pyridine rings is 1. The number of aromatic nitrogens is 6. The van der Waals surface area contributed by atoms with Gasteiger partial charge >= 0.3 is 0 Å². The van der Waals surface area contributed by atoms with E-state index in [1.165, 1.54) is 0 Å². The van der Waals surface area contributed by atoms with Gasteiger partial charge in [0.25, 0.3) is 0 Å². The predicted molar refractivity (Wildman–Crippen MR) is 112 cm³/mol. The molecule has 0 unspecified atom stereocenters. The van der Waals surface area contributed by atoms with E-state index < -0.39 is 0 Å². The van der Waals surface area contributed by atoms with Gasteiger partial charge in [-0.25, -0.2) is 14.5 Å². The molecule has 0 amide bonds. The average Bonchev–Trinajstić information content (AvgIpc) is 3.24. The van der Waals surface area contributed by atoms with Crippen LogP contribution < -0.4 is 0 Å². The van der Waals surface area contributed by atoms with Crippen LogP contribution in [0, 0.1) is 13.8 Å². The van der Waals surface area contributed by atoms with Crippen LogP contribution in [0.3, 0.4) is 0 Å². The summed E-state index contributed by atoms with van der Waals surface area (Å²) in [4.78, 5) is 14.0. The lowest BCUT2D eigenvalue weighted by Crippen LogP contribution is -2.04. The number of hydrogen-bond donors (Lipinski definition) is 0. The molecule has 4 heterocycles. The quantitative estimate of drug-likeness (QED) is 0.418. The Labute approximate surface area is 170 Å². The molecule has 5 aromatic rings. The smallest absolute Gasteiger partial charge is 0.183 e. The third-order valence-electron chi connectivity index (χ3n) is 5.11. The van der Waals surface area contributed by atoms with Crippen LogP contribution in [0.5, 0.6) is 0 Å². The van der Waals surface area contributed by atoms with E-state index in [2.05, 4.69) is 44.4 Å². The highest BCUT2D eigenvalue weighted by atomic mass is 79.9. The molecule has 0 bridgehead atoms. The van der Waals surface area contributed by atoms with E-state index in [9.17, 15) is 0 Å². The van der Waals surface area contributed by atoms with Gasteiger partial charge in [-0.15, -0.1) is 5.10 Å². The van der Waals surface area contributed by atoms with E-state index in [-0.39, 0.29) is 0 Å². The number of rotatable bonds is 3. The minimum Gasteiger partial charge on any atom is -0.323 e. The number of fused-ring (bicyclic) bond motifs is 3. The number of benzene rings is 1. The topological polar surface area (TPSA) is 60.9 Å². The fourth-order valence-corrected chi connectivity index (χ4v) is 4.00. The normalized spacial score (nSPS) is 11.5. The van der Waals surface area contributed by atoms with E-state index >= 15 is 0 Å². The Hall–Kier alpha value is -3.06. The van der Waals surface area contributed by atoms with Crippen LogP contribution in [-0.4, -0.2) is 29.1 Å². The second-order valence-electron chi connectivity index (χ2n) is 6.74. The third kappa shape index (κ3) is 2.62. The second-order valence-corrected chi connectivity index (χ2v) is 7.60. The molecule has 5 rings (SSSR count). The fourth-order valence-electron chi connectivity index (χ4n) is 3.53. The minimum absolute atomic E-state index is 0.672. The molecular formula is C21H17BrN6. The molecule has 0 spiro atoms. The van der Waals surface area contributed by atoms with E-state index in [0.717, 1.165) is 43.7 Å². The zero-order chi connectivity index (χ0) is 19.3. The average molecular weight is 433 g/mol. The molecule has 1 aromatic carbocycles. The van der Waals surface area contributed by atoms with Gasteiger partial charge in [0, 0.05) is 21.9 Å². The zero-order valence-electron chi connectivity index (χ0n) is 15.5. The van der Waals surface area contributed by atoms with Crippen LogP contribution >= 0.6 is 15.9 Å². The summed E-state index contributed by atoms with van der Waals surface area (Å²) in [6.07, 6.45) is 3.55. The molecule has 0 radical (unpaired) electrons. The molecule has 0 saturated heterocycles. The summed E-state index contributed by atoms with van der Waals surface area (Å²) in [5.74, 6) is 0.677. The summed E-state index contributed by atoms with van der Waals surface area (Å²) in [5, 5.41) is 5.68. The van der Waals surface area contributed by atoms with E-state index in [4.69, 9.17) is 9.97 Å². The third-order valence-corrected chi connectivity index (χ3v) is 5.80. The Bertz CT molecular complexity index is 1320. The molecule has 0 saturated carbocycles. The van der Waals surface area contributed by atoms with Crippen LogP contribution in [0.15, 0.2) is 59.5 Å². The van der Waals surface area contributed by atoms with E-state index in [1.807, 2.05) is 48.7 Å². The van der Waals surface area contributed by atoms with Crippen LogP contribution in [-0.2, 0) is 6.54 Å². The standard InChI is InChI=1S/C21H17BrN6/c1-13-14(2)27(11-15-7-5-6-10-23-15)20-18(13)21-25-19(26-28(21)12-24-20)16-8-3-4-9-17(16)22/h3-10,12H,11H2,1-2H3. The lowest BCUT2D eigenvalue weighted by Gasteiger charge is -2.07. The summed E-state index contributed by atoms with van der Waals surface area (Å²) in [5.41, 5.74) is 6.00. The SMILES string of the molecule is Cc1c(C)n(Cc2ccccn2)c2ncn3nc(-c4ccccc4Br)nc3c12. The molecule has 6 nitrogen and oxygen atoms in total. The van der Waals surface area contributed by atoms with Crippen molar-refractivity contribution >= 4 is 32.6 Å². The Balaban J connectivity index is 1.72. The Morgan fingerprint density at radius 2 is 1.79 bits per heavy atom. The lowest BCUT2D eigenvalue weighted by atomic mass is 10.2. The first-order valence-electron chi connectivity index (χ1n) is 8.99. The van der Waals surface area contributed by atoms with Crippen LogP contribution in [0.25, 0.3) is 28.1 Å². The van der Waals surface area contributed by atoms with Crippen molar-refractivity contribution in [3.8, 4) is 11.4 Å².